The first-order chi connectivity index (χ1) is 11.7. The molecule has 0 aliphatic carbocycles. The third-order valence-corrected chi connectivity index (χ3v) is 9.56. The van der Waals surface area contributed by atoms with Gasteiger partial charge in [0, 0.05) is 11.6 Å². The molecule has 0 radical (unpaired) electrons. The van der Waals surface area contributed by atoms with E-state index in [0.29, 0.717) is 38.0 Å². The summed E-state index contributed by atoms with van der Waals surface area (Å²) >= 11 is 5.32. The van der Waals surface area contributed by atoms with Gasteiger partial charge in [0.15, 0.2) is 9.84 Å². The number of hydrogen-bond donors (Lipinski definition) is 2. The van der Waals surface area contributed by atoms with Crippen LogP contribution in [-0.2, 0) is 24.6 Å². The van der Waals surface area contributed by atoms with Gasteiger partial charge in [-0.25, -0.2) is 22.0 Å². The normalized spacial score (nSPS) is 21.5. The lowest BCUT2D eigenvalue weighted by molar-refractivity contribution is 0.309. The van der Waals surface area contributed by atoms with Gasteiger partial charge in [0.2, 0.25) is 10.0 Å². The van der Waals surface area contributed by atoms with Crippen LogP contribution in [0.25, 0.3) is 0 Å². The van der Waals surface area contributed by atoms with Crippen LogP contribution >= 0.6 is 36.0 Å². The van der Waals surface area contributed by atoms with Crippen molar-refractivity contribution in [1.82, 2.24) is 5.32 Å². The Labute approximate surface area is 170 Å². The van der Waals surface area contributed by atoms with E-state index in [1.54, 1.807) is 0 Å². The maximum atomic E-state index is 12.9. The summed E-state index contributed by atoms with van der Waals surface area (Å²) in [7, 11) is -7.54. The Balaban J connectivity index is 0.00000338. The molecule has 7 nitrogen and oxygen atoms in total. The molecule has 0 aromatic carbocycles. The number of thiocarbonyl (C=S) groups is 1. The molecule has 1 aliphatic heterocycles. The lowest BCUT2D eigenvalue weighted by Gasteiger charge is -2.30. The molecule has 1 aliphatic rings. The molecule has 150 valence electrons. The molecule has 0 unspecified atom stereocenters. The van der Waals surface area contributed by atoms with Crippen molar-refractivity contribution in [3.63, 3.8) is 0 Å². The van der Waals surface area contributed by atoms with Gasteiger partial charge in [0.25, 0.3) is 0 Å². The second-order valence-corrected chi connectivity index (χ2v) is 11.3. The highest BCUT2D eigenvalue weighted by Gasteiger charge is 2.41. The van der Waals surface area contributed by atoms with Gasteiger partial charge in [0.1, 0.15) is 14.0 Å². The first-order valence-electron chi connectivity index (χ1n) is 7.90. The third kappa shape index (κ3) is 5.37. The summed E-state index contributed by atoms with van der Waals surface area (Å²) in [5, 5.41) is 7.91. The number of rotatable bonds is 9. The van der Waals surface area contributed by atoms with E-state index in [-0.39, 0.29) is 26.9 Å². The van der Waals surface area contributed by atoms with Gasteiger partial charge < -0.3 is 10.1 Å². The van der Waals surface area contributed by atoms with Gasteiger partial charge in [-0.3, -0.25) is 0 Å². The number of fused-ring (bicyclic) bond motifs is 1. The summed E-state index contributed by atoms with van der Waals surface area (Å²) in [6, 6.07) is 1.19. The van der Waals surface area contributed by atoms with E-state index in [2.05, 4.69) is 17.5 Å². The zero-order valence-electron chi connectivity index (χ0n) is 14.2. The van der Waals surface area contributed by atoms with E-state index in [1.165, 1.54) is 6.07 Å². The number of ether oxygens (including phenoxy) is 1. The standard InChI is InChI=1S/C14H22N2O5S4.ClH/c1-2-5-16-12-7-10(4-3-6-21-9-22)24(17,18)14-11(12)8-13(23-14)25(15,19)20;/h8-10,12,16H,2-7H2,1H3,(H2,15,19,20);1H/t10-,12-;/m0./s1. The van der Waals surface area contributed by atoms with E-state index in [1.807, 2.05) is 6.92 Å². The van der Waals surface area contributed by atoms with Crippen LogP contribution in [0.3, 0.4) is 0 Å². The van der Waals surface area contributed by atoms with E-state index < -0.39 is 25.1 Å². The number of nitrogens with two attached hydrogens (primary N) is 1. The first kappa shape index (κ1) is 23.7. The number of thiophene rings is 1. The summed E-state index contributed by atoms with van der Waals surface area (Å²) in [5.41, 5.74) is 1.67. The highest BCUT2D eigenvalue weighted by Crippen LogP contribution is 2.43. The molecule has 1 aromatic heterocycles. The van der Waals surface area contributed by atoms with Crippen molar-refractivity contribution in [2.45, 2.75) is 52.3 Å². The highest BCUT2D eigenvalue weighted by molar-refractivity contribution is 7.95. The van der Waals surface area contributed by atoms with E-state index in [4.69, 9.17) is 9.88 Å². The Morgan fingerprint density at radius 1 is 1.50 bits per heavy atom. The fourth-order valence-corrected chi connectivity index (χ4v) is 7.71. The zero-order chi connectivity index (χ0) is 18.7. The van der Waals surface area contributed by atoms with Gasteiger partial charge in [-0.15, -0.1) is 23.7 Å². The Morgan fingerprint density at radius 3 is 2.77 bits per heavy atom. The quantitative estimate of drug-likeness (QED) is 0.426. The van der Waals surface area contributed by atoms with Crippen LogP contribution < -0.4 is 10.5 Å². The molecule has 2 atom stereocenters. The molecule has 2 heterocycles. The zero-order valence-corrected chi connectivity index (χ0v) is 18.3. The Hall–Kier alpha value is -0.300. The fraction of sp³-hybridized carbons (Fsp3) is 0.643. The lowest BCUT2D eigenvalue weighted by Crippen LogP contribution is -2.35. The number of sulfonamides is 1. The molecule has 0 saturated carbocycles. The van der Waals surface area contributed by atoms with Crippen molar-refractivity contribution in [3.8, 4) is 0 Å². The molecule has 0 bridgehead atoms. The average Bonchev–Trinajstić information content (AvgIpc) is 2.99. The summed E-state index contributed by atoms with van der Waals surface area (Å²) in [6.45, 7) is 3.09. The van der Waals surface area contributed by atoms with E-state index in [0.717, 1.165) is 23.3 Å². The molecule has 12 heteroatoms. The van der Waals surface area contributed by atoms with Gasteiger partial charge >= 0.3 is 0 Å². The summed E-state index contributed by atoms with van der Waals surface area (Å²) < 4.78 is 54.1. The summed E-state index contributed by atoms with van der Waals surface area (Å²) in [6.07, 6.45) is 2.27. The molecule has 1 aromatic rings. The van der Waals surface area contributed by atoms with Crippen LogP contribution in [0.5, 0.6) is 0 Å². The second kappa shape index (κ2) is 9.76. The molecular formula is C14H23ClN2O5S4. The molecular weight excluding hydrogens is 440 g/mol. The molecule has 2 rings (SSSR count). The van der Waals surface area contributed by atoms with Crippen LogP contribution in [0.1, 0.15) is 44.2 Å². The molecule has 0 saturated heterocycles. The lowest BCUT2D eigenvalue weighted by atomic mass is 10.0. The number of sulfone groups is 1. The average molecular weight is 463 g/mol. The SMILES string of the molecule is CCCN[C@H]1C[C@H](CCCOC=S)S(=O)(=O)c2sc(S(N)(=O)=O)cc21.Cl. The minimum atomic E-state index is -3.94. The number of nitrogens with one attached hydrogen (secondary N) is 1. The minimum Gasteiger partial charge on any atom is -0.490 e. The van der Waals surface area contributed by atoms with Gasteiger partial charge in [-0.2, -0.15) is 0 Å². The summed E-state index contributed by atoms with van der Waals surface area (Å²) in [5.74, 6) is 0. The van der Waals surface area contributed by atoms with E-state index in [9.17, 15) is 16.8 Å². The van der Waals surface area contributed by atoms with E-state index >= 15 is 0 Å². The molecule has 0 fully saturated rings. The number of hydrogen-bond acceptors (Lipinski definition) is 8. The van der Waals surface area contributed by atoms with Crippen LogP contribution in [-0.4, -0.2) is 40.8 Å². The van der Waals surface area contributed by atoms with Gasteiger partial charge in [0.05, 0.1) is 11.9 Å². The van der Waals surface area contributed by atoms with Crippen molar-refractivity contribution in [2.24, 2.45) is 5.14 Å². The predicted octanol–water partition coefficient (Wildman–Crippen LogP) is 2.16. The monoisotopic (exact) mass is 462 g/mol. The second-order valence-electron chi connectivity index (χ2n) is 5.87. The van der Waals surface area contributed by atoms with Crippen molar-refractivity contribution >= 4 is 61.4 Å². The van der Waals surface area contributed by atoms with Crippen LogP contribution in [0, 0.1) is 0 Å². The predicted molar refractivity (Wildman–Crippen MR) is 108 cm³/mol. The van der Waals surface area contributed by atoms with Crippen LogP contribution in [0.4, 0.5) is 0 Å². The largest absolute Gasteiger partial charge is 0.490 e. The van der Waals surface area contributed by atoms with Crippen molar-refractivity contribution in [2.75, 3.05) is 13.2 Å². The van der Waals surface area contributed by atoms with Gasteiger partial charge in [-0.1, -0.05) is 6.92 Å². The highest BCUT2D eigenvalue weighted by atomic mass is 35.5. The van der Waals surface area contributed by atoms with Crippen LogP contribution in [0.2, 0.25) is 0 Å². The van der Waals surface area contributed by atoms with Crippen molar-refractivity contribution in [1.29, 1.82) is 0 Å². The number of halogens is 1. The Kier molecular flexibility index (Phi) is 8.91. The van der Waals surface area contributed by atoms with Crippen LogP contribution in [0.15, 0.2) is 14.5 Å². The summed E-state index contributed by atoms with van der Waals surface area (Å²) in [4.78, 5) is 0. The minimum absolute atomic E-state index is 0. The third-order valence-electron chi connectivity index (χ3n) is 4.05. The first-order valence-corrected chi connectivity index (χ1v) is 12.3. The van der Waals surface area contributed by atoms with Crippen molar-refractivity contribution in [3.05, 3.63) is 11.6 Å². The Bertz CT molecular complexity index is 822. The molecule has 0 spiro atoms. The maximum absolute atomic E-state index is 12.9. The smallest absolute Gasteiger partial charge is 0.247 e. The molecule has 3 N–H and O–H groups in total. The Morgan fingerprint density at radius 2 is 2.19 bits per heavy atom. The number of primary sulfonamides is 1. The van der Waals surface area contributed by atoms with Gasteiger partial charge in [-0.05, 0) is 50.5 Å². The fourth-order valence-electron chi connectivity index (χ4n) is 2.87. The molecule has 0 amide bonds. The molecule has 26 heavy (non-hydrogen) atoms. The topological polar surface area (TPSA) is 116 Å². The maximum Gasteiger partial charge on any atom is 0.247 e. The van der Waals surface area contributed by atoms with Crippen molar-refractivity contribution < 1.29 is 21.6 Å².